The van der Waals surface area contributed by atoms with E-state index in [0.717, 1.165) is 53.4 Å². The molecule has 37 heavy (non-hydrogen) atoms. The van der Waals surface area contributed by atoms with E-state index in [1.807, 2.05) is 24.0 Å². The summed E-state index contributed by atoms with van der Waals surface area (Å²) in [5.74, 6) is -0.368. The molecule has 192 valence electrons. The number of carbonyl (C=O) groups is 2. The normalized spacial score (nSPS) is 16.0. The van der Waals surface area contributed by atoms with Crippen LogP contribution in [0.15, 0.2) is 30.9 Å². The summed E-state index contributed by atoms with van der Waals surface area (Å²) < 4.78 is 9.28. The summed E-state index contributed by atoms with van der Waals surface area (Å²) >= 11 is 1.49. The van der Waals surface area contributed by atoms with E-state index in [-0.39, 0.29) is 11.8 Å². The first-order chi connectivity index (χ1) is 18.0. The number of piperidine rings is 1. The Morgan fingerprint density at radius 1 is 1.08 bits per heavy atom. The minimum absolute atomic E-state index is 0.0814. The molecule has 0 saturated carbocycles. The Bertz CT molecular complexity index is 1470. The molecular formula is C25H28N8O3S. The number of likely N-dealkylation sites (tertiary alicyclic amines) is 1. The lowest BCUT2D eigenvalue weighted by Crippen LogP contribution is -2.36. The van der Waals surface area contributed by atoms with Crippen molar-refractivity contribution in [3.63, 3.8) is 0 Å². The van der Waals surface area contributed by atoms with Gasteiger partial charge in [-0.3, -0.25) is 24.2 Å². The summed E-state index contributed by atoms with van der Waals surface area (Å²) in [4.78, 5) is 34.0. The number of ether oxygens (including phenoxy) is 1. The van der Waals surface area contributed by atoms with Crippen LogP contribution < -0.4 is 10.6 Å². The van der Waals surface area contributed by atoms with Gasteiger partial charge in [0.05, 0.1) is 78.1 Å². The Morgan fingerprint density at radius 3 is 2.81 bits per heavy atom. The number of pyridine rings is 1. The van der Waals surface area contributed by atoms with Gasteiger partial charge in [-0.05, 0) is 38.9 Å². The number of hydrogen-bond donors (Lipinski definition) is 2. The molecular weight excluding hydrogens is 492 g/mol. The van der Waals surface area contributed by atoms with Crippen LogP contribution in [-0.4, -0.2) is 67.3 Å². The molecule has 2 amide bonds. The zero-order valence-corrected chi connectivity index (χ0v) is 21.4. The van der Waals surface area contributed by atoms with Gasteiger partial charge in [-0.25, -0.2) is 4.52 Å². The van der Waals surface area contributed by atoms with Crippen LogP contribution in [0.1, 0.15) is 41.0 Å². The van der Waals surface area contributed by atoms with E-state index in [1.54, 1.807) is 23.0 Å². The van der Waals surface area contributed by atoms with Crippen LogP contribution >= 0.6 is 11.3 Å². The molecule has 0 bridgehead atoms. The highest BCUT2D eigenvalue weighted by Gasteiger charge is 2.22. The number of thiazole rings is 1. The number of nitrogens with one attached hydrogen (secondary N) is 2. The fourth-order valence-corrected chi connectivity index (χ4v) is 5.88. The fraction of sp³-hybridized carbons (Fsp3) is 0.400. The summed E-state index contributed by atoms with van der Waals surface area (Å²) in [6, 6.07) is 1.74. The van der Waals surface area contributed by atoms with E-state index in [2.05, 4.69) is 30.7 Å². The van der Waals surface area contributed by atoms with E-state index in [0.29, 0.717) is 42.4 Å². The summed E-state index contributed by atoms with van der Waals surface area (Å²) in [5, 5.41) is 14.7. The first-order valence-corrected chi connectivity index (χ1v) is 13.3. The number of aromatic nitrogens is 5. The average Bonchev–Trinajstić information content (AvgIpc) is 3.60. The average molecular weight is 521 g/mol. The van der Waals surface area contributed by atoms with Gasteiger partial charge in [-0.2, -0.15) is 10.2 Å². The summed E-state index contributed by atoms with van der Waals surface area (Å²) in [5.41, 5.74) is 4.24. The maximum absolute atomic E-state index is 13.3. The predicted molar refractivity (Wildman–Crippen MR) is 140 cm³/mol. The summed E-state index contributed by atoms with van der Waals surface area (Å²) in [7, 11) is 0. The second-order valence-electron chi connectivity index (χ2n) is 9.38. The number of amides is 2. The summed E-state index contributed by atoms with van der Waals surface area (Å²) in [6.07, 6.45) is 10.4. The molecule has 0 aromatic carbocycles. The molecule has 0 aliphatic carbocycles. The van der Waals surface area contributed by atoms with Crippen molar-refractivity contribution in [3.8, 4) is 10.4 Å². The van der Waals surface area contributed by atoms with Crippen molar-refractivity contribution >= 4 is 39.4 Å². The van der Waals surface area contributed by atoms with E-state index < -0.39 is 0 Å². The van der Waals surface area contributed by atoms with E-state index in [4.69, 9.17) is 4.74 Å². The van der Waals surface area contributed by atoms with Gasteiger partial charge in [-0.1, -0.05) is 6.42 Å². The molecule has 2 N–H and O–H groups in total. The third-order valence-corrected chi connectivity index (χ3v) is 7.92. The van der Waals surface area contributed by atoms with E-state index in [1.165, 1.54) is 17.8 Å². The maximum atomic E-state index is 13.3. The third-order valence-electron chi connectivity index (χ3n) is 6.78. The van der Waals surface area contributed by atoms with Crippen LogP contribution in [0.4, 0.5) is 11.4 Å². The second-order valence-corrected chi connectivity index (χ2v) is 10.4. The zero-order chi connectivity index (χ0) is 25.4. The standard InChI is InChI=1S/C25H28N8O3S/c1-16-20(9-17(10-26-16)29-23(34)14-31-5-3-2-4-6-31)30-24(35)19-12-28-33-13-22(37-25(19)33)18-11-27-32-7-8-36-15-21(18)32/h9-13H,2-8,14-15H2,1H3,(H,29,34)(H,30,35). The van der Waals surface area contributed by atoms with Crippen molar-refractivity contribution in [2.75, 3.05) is 36.9 Å². The van der Waals surface area contributed by atoms with Crippen LogP contribution in [0.2, 0.25) is 0 Å². The molecule has 1 fully saturated rings. The van der Waals surface area contributed by atoms with E-state index in [9.17, 15) is 9.59 Å². The molecule has 4 aromatic heterocycles. The lowest BCUT2D eigenvalue weighted by atomic mass is 10.1. The van der Waals surface area contributed by atoms with Crippen molar-refractivity contribution in [3.05, 3.63) is 47.8 Å². The molecule has 2 aliphatic heterocycles. The predicted octanol–water partition coefficient (Wildman–Crippen LogP) is 3.17. The fourth-order valence-electron chi connectivity index (χ4n) is 4.79. The van der Waals surface area contributed by atoms with Crippen LogP contribution in [0.5, 0.6) is 0 Å². The van der Waals surface area contributed by atoms with Crippen LogP contribution in [0.25, 0.3) is 15.3 Å². The number of rotatable bonds is 6. The number of aryl methyl sites for hydroxylation is 1. The van der Waals surface area contributed by atoms with Gasteiger partial charge in [0.2, 0.25) is 5.91 Å². The molecule has 1 saturated heterocycles. The van der Waals surface area contributed by atoms with Crippen molar-refractivity contribution < 1.29 is 14.3 Å². The highest BCUT2D eigenvalue weighted by atomic mass is 32.1. The lowest BCUT2D eigenvalue weighted by molar-refractivity contribution is -0.117. The minimum atomic E-state index is -0.287. The van der Waals surface area contributed by atoms with Gasteiger partial charge in [0.1, 0.15) is 4.83 Å². The van der Waals surface area contributed by atoms with Gasteiger partial charge in [0.25, 0.3) is 5.91 Å². The largest absolute Gasteiger partial charge is 0.373 e. The Hall–Kier alpha value is -3.61. The van der Waals surface area contributed by atoms with Crippen LogP contribution in [-0.2, 0) is 22.7 Å². The number of nitrogens with zero attached hydrogens (tertiary/aromatic N) is 6. The molecule has 4 aromatic rings. The number of fused-ring (bicyclic) bond motifs is 2. The molecule has 0 unspecified atom stereocenters. The Kier molecular flexibility index (Phi) is 6.45. The van der Waals surface area contributed by atoms with Gasteiger partial charge in [0.15, 0.2) is 0 Å². The molecule has 0 radical (unpaired) electrons. The highest BCUT2D eigenvalue weighted by Crippen LogP contribution is 2.34. The van der Waals surface area contributed by atoms with Crippen molar-refractivity contribution in [2.24, 2.45) is 0 Å². The Labute approximate surface area is 217 Å². The molecule has 6 rings (SSSR count). The molecule has 6 heterocycles. The van der Waals surface area contributed by atoms with Gasteiger partial charge < -0.3 is 15.4 Å². The molecule has 11 nitrogen and oxygen atoms in total. The lowest BCUT2D eigenvalue weighted by Gasteiger charge is -2.25. The maximum Gasteiger partial charge on any atom is 0.260 e. The highest BCUT2D eigenvalue weighted by molar-refractivity contribution is 7.21. The van der Waals surface area contributed by atoms with Crippen molar-refractivity contribution in [2.45, 2.75) is 39.3 Å². The first-order valence-electron chi connectivity index (χ1n) is 12.5. The number of anilines is 2. The second kappa shape index (κ2) is 10.0. The van der Waals surface area contributed by atoms with Gasteiger partial charge in [-0.15, -0.1) is 11.3 Å². The topological polar surface area (TPSA) is 119 Å². The molecule has 2 aliphatic rings. The van der Waals surface area contributed by atoms with Gasteiger partial charge >= 0.3 is 0 Å². The number of hydrogen-bond acceptors (Lipinski definition) is 8. The minimum Gasteiger partial charge on any atom is -0.373 e. The first kappa shape index (κ1) is 23.8. The molecule has 12 heteroatoms. The smallest absolute Gasteiger partial charge is 0.260 e. The summed E-state index contributed by atoms with van der Waals surface area (Å²) in [6.45, 7) is 5.97. The van der Waals surface area contributed by atoms with Crippen LogP contribution in [0.3, 0.4) is 0 Å². The SMILES string of the molecule is Cc1ncc(NC(=O)CN2CCCCC2)cc1NC(=O)c1cnn2cc(-c3cnn4c3COCC4)sc12. The third kappa shape index (κ3) is 4.87. The monoisotopic (exact) mass is 520 g/mol. The molecule has 0 atom stereocenters. The van der Waals surface area contributed by atoms with Gasteiger partial charge in [0, 0.05) is 11.8 Å². The Morgan fingerprint density at radius 2 is 1.95 bits per heavy atom. The van der Waals surface area contributed by atoms with Crippen molar-refractivity contribution in [1.29, 1.82) is 0 Å². The van der Waals surface area contributed by atoms with E-state index >= 15 is 0 Å². The quantitative estimate of drug-likeness (QED) is 0.401. The number of carbonyl (C=O) groups excluding carboxylic acids is 2. The molecule has 0 spiro atoms. The van der Waals surface area contributed by atoms with Crippen molar-refractivity contribution in [1.82, 2.24) is 29.3 Å². The zero-order valence-electron chi connectivity index (χ0n) is 20.6. The van der Waals surface area contributed by atoms with Crippen LogP contribution in [0, 0.1) is 6.92 Å². The Balaban J connectivity index is 1.18.